The molecule has 0 aliphatic carbocycles. The van der Waals surface area contributed by atoms with Crippen molar-refractivity contribution in [2.24, 2.45) is 0 Å². The van der Waals surface area contributed by atoms with E-state index < -0.39 is 5.97 Å². The first kappa shape index (κ1) is 21.4. The molecule has 0 aliphatic rings. The third-order valence-electron chi connectivity index (χ3n) is 3.60. The molecule has 5 heteroatoms. The normalized spacial score (nSPS) is 10.2. The standard InChI is InChI=1S/C17H26O4.Na.H/c1-2-3-4-5-6-7-8-9-10-11-14(18)15-12-13-16(21-15)17(19)20;;/h12-13H,2-11H2,1H3,(H,19,20);;/q;+1;-1. The summed E-state index contributed by atoms with van der Waals surface area (Å²) in [6, 6.07) is 2.77. The van der Waals surface area contributed by atoms with Crippen molar-refractivity contribution < 1.29 is 50.1 Å². The van der Waals surface area contributed by atoms with Crippen LogP contribution in [-0.4, -0.2) is 16.9 Å². The molecule has 1 aromatic heterocycles. The average Bonchev–Trinajstić information content (AvgIpc) is 2.95. The molecule has 1 rings (SSSR count). The van der Waals surface area contributed by atoms with Crippen LogP contribution in [0.2, 0.25) is 0 Å². The number of hydrogen-bond acceptors (Lipinski definition) is 3. The van der Waals surface area contributed by atoms with E-state index >= 15 is 0 Å². The summed E-state index contributed by atoms with van der Waals surface area (Å²) in [5, 5.41) is 8.73. The van der Waals surface area contributed by atoms with E-state index in [2.05, 4.69) is 6.92 Å². The molecule has 0 atom stereocenters. The van der Waals surface area contributed by atoms with Crippen LogP contribution >= 0.6 is 0 Å². The van der Waals surface area contributed by atoms with Gasteiger partial charge >= 0.3 is 35.5 Å². The number of Topliss-reactive ketones (excluding diaryl/α,β-unsaturated/α-hetero) is 1. The number of hydrogen-bond donors (Lipinski definition) is 1. The monoisotopic (exact) mass is 318 g/mol. The summed E-state index contributed by atoms with van der Waals surface area (Å²) in [5.41, 5.74) is 0. The van der Waals surface area contributed by atoms with Crippen LogP contribution in [0.1, 0.15) is 93.7 Å². The van der Waals surface area contributed by atoms with Crippen molar-refractivity contribution >= 4 is 11.8 Å². The van der Waals surface area contributed by atoms with Crippen molar-refractivity contribution in [1.29, 1.82) is 0 Å². The fourth-order valence-corrected chi connectivity index (χ4v) is 2.32. The smallest absolute Gasteiger partial charge is 1.00 e. The Bertz CT molecular complexity index is 446. The molecule has 0 spiro atoms. The largest absolute Gasteiger partial charge is 1.00 e. The predicted molar refractivity (Wildman–Crippen MR) is 83.0 cm³/mol. The van der Waals surface area contributed by atoms with Crippen LogP contribution in [0.4, 0.5) is 0 Å². The van der Waals surface area contributed by atoms with Gasteiger partial charge in [-0.2, -0.15) is 0 Å². The van der Waals surface area contributed by atoms with Crippen LogP contribution in [0.25, 0.3) is 0 Å². The van der Waals surface area contributed by atoms with E-state index in [0.29, 0.717) is 6.42 Å². The second kappa shape index (κ2) is 12.9. The van der Waals surface area contributed by atoms with E-state index in [1.165, 1.54) is 50.7 Å². The van der Waals surface area contributed by atoms with Crippen LogP contribution < -0.4 is 29.6 Å². The van der Waals surface area contributed by atoms with Gasteiger partial charge in [0.1, 0.15) is 0 Å². The zero-order valence-corrected chi connectivity index (χ0v) is 15.9. The molecule has 4 nitrogen and oxygen atoms in total. The van der Waals surface area contributed by atoms with E-state index in [4.69, 9.17) is 9.52 Å². The van der Waals surface area contributed by atoms with Gasteiger partial charge in [-0.25, -0.2) is 4.79 Å². The minimum Gasteiger partial charge on any atom is -1.00 e. The van der Waals surface area contributed by atoms with E-state index in [0.717, 1.165) is 19.3 Å². The van der Waals surface area contributed by atoms with Crippen molar-refractivity contribution in [3.05, 3.63) is 23.7 Å². The van der Waals surface area contributed by atoms with Crippen molar-refractivity contribution in [2.45, 2.75) is 71.1 Å². The van der Waals surface area contributed by atoms with Gasteiger partial charge in [0.05, 0.1) is 0 Å². The van der Waals surface area contributed by atoms with Crippen molar-refractivity contribution in [1.82, 2.24) is 0 Å². The van der Waals surface area contributed by atoms with Gasteiger partial charge in [0.15, 0.2) is 11.5 Å². The summed E-state index contributed by atoms with van der Waals surface area (Å²) in [6.45, 7) is 2.22. The SMILES string of the molecule is CCCCCCCCCCCC(=O)c1ccc(C(=O)O)o1.[H-].[Na+]. The number of furan rings is 1. The van der Waals surface area contributed by atoms with Gasteiger partial charge in [-0.05, 0) is 18.6 Å². The first-order valence-electron chi connectivity index (χ1n) is 8.01. The molecule has 0 bridgehead atoms. The molecular weight excluding hydrogens is 291 g/mol. The Labute approximate surface area is 156 Å². The molecular formula is C17H27NaO4. The van der Waals surface area contributed by atoms with Crippen LogP contribution in [-0.2, 0) is 0 Å². The summed E-state index contributed by atoms with van der Waals surface area (Å²) in [4.78, 5) is 22.5. The van der Waals surface area contributed by atoms with Gasteiger partial charge in [-0.3, -0.25) is 4.79 Å². The first-order chi connectivity index (χ1) is 10.1. The third kappa shape index (κ3) is 8.76. The van der Waals surface area contributed by atoms with Crippen LogP contribution in [0.15, 0.2) is 16.5 Å². The predicted octanol–water partition coefficient (Wildman–Crippen LogP) is 2.20. The number of unbranched alkanes of at least 4 members (excludes halogenated alkanes) is 8. The summed E-state index contributed by atoms with van der Waals surface area (Å²) < 4.78 is 4.99. The van der Waals surface area contributed by atoms with Crippen molar-refractivity contribution in [2.75, 3.05) is 0 Å². The zero-order chi connectivity index (χ0) is 15.5. The molecule has 22 heavy (non-hydrogen) atoms. The van der Waals surface area contributed by atoms with Gasteiger partial charge in [-0.1, -0.05) is 58.3 Å². The minimum atomic E-state index is -1.14. The van der Waals surface area contributed by atoms with Gasteiger partial charge in [0.25, 0.3) is 0 Å². The second-order valence-corrected chi connectivity index (χ2v) is 5.47. The Morgan fingerprint density at radius 3 is 1.95 bits per heavy atom. The molecule has 120 valence electrons. The molecule has 0 aliphatic heterocycles. The van der Waals surface area contributed by atoms with E-state index in [9.17, 15) is 9.59 Å². The minimum absolute atomic E-state index is 0. The topological polar surface area (TPSA) is 67.5 Å². The Hall–Kier alpha value is -0.580. The number of carbonyl (C=O) groups excluding carboxylic acids is 1. The molecule has 0 saturated carbocycles. The maximum atomic E-state index is 11.8. The van der Waals surface area contributed by atoms with E-state index in [-0.39, 0.29) is 48.3 Å². The summed E-state index contributed by atoms with van der Waals surface area (Å²) in [5.74, 6) is -1.26. The fourth-order valence-electron chi connectivity index (χ4n) is 2.32. The molecule has 1 aromatic rings. The maximum Gasteiger partial charge on any atom is 1.00 e. The van der Waals surface area contributed by atoms with Crippen molar-refractivity contribution in [3.63, 3.8) is 0 Å². The van der Waals surface area contributed by atoms with Gasteiger partial charge in [0, 0.05) is 6.42 Å². The molecule has 1 heterocycles. The first-order valence-corrected chi connectivity index (χ1v) is 8.01. The Morgan fingerprint density at radius 2 is 1.45 bits per heavy atom. The van der Waals surface area contributed by atoms with Crippen molar-refractivity contribution in [3.8, 4) is 0 Å². The average molecular weight is 318 g/mol. The molecule has 0 radical (unpaired) electrons. The van der Waals surface area contributed by atoms with E-state index in [1.807, 2.05) is 0 Å². The Morgan fingerprint density at radius 1 is 0.955 bits per heavy atom. The number of carbonyl (C=O) groups is 2. The second-order valence-electron chi connectivity index (χ2n) is 5.47. The van der Waals surface area contributed by atoms with Gasteiger partial charge in [-0.15, -0.1) is 0 Å². The number of rotatable bonds is 12. The third-order valence-corrected chi connectivity index (χ3v) is 3.60. The van der Waals surface area contributed by atoms with E-state index in [1.54, 1.807) is 0 Å². The van der Waals surface area contributed by atoms with Crippen LogP contribution in [0.5, 0.6) is 0 Å². The maximum absolute atomic E-state index is 11.8. The number of carboxylic acids is 1. The summed E-state index contributed by atoms with van der Waals surface area (Å²) in [7, 11) is 0. The molecule has 0 aromatic carbocycles. The Kier molecular flexibility index (Phi) is 12.6. The zero-order valence-electron chi connectivity index (χ0n) is 14.9. The number of carboxylic acid groups (broad SMARTS) is 1. The molecule has 0 fully saturated rings. The number of aromatic carboxylic acids is 1. The molecule has 0 unspecified atom stereocenters. The van der Waals surface area contributed by atoms with Gasteiger partial charge < -0.3 is 11.0 Å². The fraction of sp³-hybridized carbons (Fsp3) is 0.647. The summed E-state index contributed by atoms with van der Waals surface area (Å²) >= 11 is 0. The molecule has 1 N–H and O–H groups in total. The van der Waals surface area contributed by atoms with Crippen LogP contribution in [0.3, 0.4) is 0 Å². The van der Waals surface area contributed by atoms with Crippen LogP contribution in [0, 0.1) is 0 Å². The molecule has 0 saturated heterocycles. The number of ketones is 1. The Balaban J connectivity index is 0. The summed E-state index contributed by atoms with van der Waals surface area (Å²) in [6.07, 6.45) is 11.3. The quantitative estimate of drug-likeness (QED) is 0.364. The molecule has 0 amide bonds. The van der Waals surface area contributed by atoms with Gasteiger partial charge in [0.2, 0.25) is 5.76 Å².